The van der Waals surface area contributed by atoms with Gasteiger partial charge >= 0.3 is 0 Å². The predicted octanol–water partition coefficient (Wildman–Crippen LogP) is 3.10. The van der Waals surface area contributed by atoms with Crippen LogP contribution in [0.25, 0.3) is 0 Å². The fourth-order valence-electron chi connectivity index (χ4n) is 3.86. The van der Waals surface area contributed by atoms with Crippen LogP contribution in [-0.2, 0) is 4.74 Å². The highest BCUT2D eigenvalue weighted by molar-refractivity contribution is 14.0. The topological polar surface area (TPSA) is 52.1 Å². The Hall–Kier alpha value is -0.970. The lowest BCUT2D eigenvalue weighted by molar-refractivity contribution is 0.0170. The van der Waals surface area contributed by atoms with Crippen LogP contribution in [0.1, 0.15) is 39.3 Å². The number of halogens is 2. The number of rotatable bonds is 9. The molecule has 1 aromatic carbocycles. The zero-order chi connectivity index (χ0) is 21.2. The lowest BCUT2D eigenvalue weighted by Gasteiger charge is -2.35. The van der Waals surface area contributed by atoms with Crippen molar-refractivity contribution < 1.29 is 9.13 Å². The molecule has 0 bridgehead atoms. The Kier molecular flexibility index (Phi) is 12.8. The van der Waals surface area contributed by atoms with Crippen LogP contribution in [0.15, 0.2) is 29.3 Å². The highest BCUT2D eigenvalue weighted by atomic mass is 127. The Bertz CT molecular complexity index is 612. The van der Waals surface area contributed by atoms with Gasteiger partial charge in [0, 0.05) is 51.9 Å². The molecule has 0 amide bonds. The molecule has 2 rings (SSSR count). The summed E-state index contributed by atoms with van der Waals surface area (Å²) in [5, 5.41) is 6.88. The van der Waals surface area contributed by atoms with Gasteiger partial charge in [0.15, 0.2) is 5.96 Å². The first-order valence-electron chi connectivity index (χ1n) is 10.7. The molecule has 1 atom stereocenters. The average Bonchev–Trinajstić information content (AvgIpc) is 2.71. The number of hydrogen-bond donors (Lipinski definition) is 2. The second-order valence-corrected chi connectivity index (χ2v) is 8.02. The van der Waals surface area contributed by atoms with E-state index in [1.807, 2.05) is 12.1 Å². The fraction of sp³-hybridized carbons (Fsp3) is 0.682. The molecule has 8 heteroatoms. The summed E-state index contributed by atoms with van der Waals surface area (Å²) in [6, 6.07) is 7.96. The lowest BCUT2D eigenvalue weighted by Crippen LogP contribution is -2.48. The Morgan fingerprint density at radius 2 is 1.70 bits per heavy atom. The van der Waals surface area contributed by atoms with E-state index in [9.17, 15) is 4.39 Å². The molecular weight excluding hydrogens is 496 g/mol. The van der Waals surface area contributed by atoms with Crippen LogP contribution in [-0.4, -0.2) is 80.8 Å². The van der Waals surface area contributed by atoms with Crippen LogP contribution < -0.4 is 10.6 Å². The van der Waals surface area contributed by atoms with E-state index in [4.69, 9.17) is 4.74 Å². The van der Waals surface area contributed by atoms with Gasteiger partial charge in [-0.2, -0.15) is 0 Å². The van der Waals surface area contributed by atoms with E-state index in [1.165, 1.54) is 12.1 Å². The number of aliphatic imine (C=N–C) groups is 1. The van der Waals surface area contributed by atoms with Crippen LogP contribution in [0, 0.1) is 5.82 Å². The number of nitrogens with one attached hydrogen (secondary N) is 2. The molecule has 2 N–H and O–H groups in total. The van der Waals surface area contributed by atoms with Gasteiger partial charge < -0.3 is 15.4 Å². The van der Waals surface area contributed by atoms with Crippen LogP contribution in [0.3, 0.4) is 0 Å². The second-order valence-electron chi connectivity index (χ2n) is 8.02. The first kappa shape index (κ1) is 27.1. The summed E-state index contributed by atoms with van der Waals surface area (Å²) < 4.78 is 18.9. The number of benzene rings is 1. The quantitative estimate of drug-likeness (QED) is 0.289. The Labute approximate surface area is 198 Å². The van der Waals surface area contributed by atoms with E-state index in [2.05, 4.69) is 53.1 Å². The summed E-state index contributed by atoms with van der Waals surface area (Å²) in [6.45, 7) is 14.6. The third-order valence-corrected chi connectivity index (χ3v) is 5.42. The number of hydrogen-bond acceptors (Lipinski definition) is 4. The fourth-order valence-corrected chi connectivity index (χ4v) is 3.86. The SMILES string of the molecule is CN=C(NCCN(C(C)C)C(C)C)NCC(c1ccc(F)cc1)N1CCOCC1.I. The van der Waals surface area contributed by atoms with E-state index in [0.29, 0.717) is 18.6 Å². The summed E-state index contributed by atoms with van der Waals surface area (Å²) in [5.41, 5.74) is 1.10. The van der Waals surface area contributed by atoms with E-state index in [0.717, 1.165) is 50.9 Å². The number of nitrogens with zero attached hydrogens (tertiary/aromatic N) is 3. The molecular formula is C22H39FIN5O. The maximum atomic E-state index is 13.4. The van der Waals surface area contributed by atoms with Gasteiger partial charge in [-0.05, 0) is 45.4 Å². The maximum Gasteiger partial charge on any atom is 0.191 e. The first-order chi connectivity index (χ1) is 13.9. The van der Waals surface area contributed by atoms with Gasteiger partial charge in [0.2, 0.25) is 0 Å². The molecule has 1 unspecified atom stereocenters. The van der Waals surface area contributed by atoms with Crippen molar-refractivity contribution in [2.45, 2.75) is 45.8 Å². The Morgan fingerprint density at radius 3 is 2.23 bits per heavy atom. The predicted molar refractivity (Wildman–Crippen MR) is 133 cm³/mol. The summed E-state index contributed by atoms with van der Waals surface area (Å²) in [5.74, 6) is 0.581. The van der Waals surface area contributed by atoms with Crippen LogP contribution in [0.4, 0.5) is 4.39 Å². The Morgan fingerprint density at radius 1 is 1.10 bits per heavy atom. The largest absolute Gasteiger partial charge is 0.379 e. The standard InChI is InChI=1S/C22H38FN5O.HI/c1-17(2)28(18(3)4)11-10-25-22(24-5)26-16-21(27-12-14-29-15-13-27)19-6-8-20(23)9-7-19;/h6-9,17-18,21H,10-16H2,1-5H3,(H2,24,25,26);1H. The van der Waals surface area contributed by atoms with E-state index < -0.39 is 0 Å². The minimum Gasteiger partial charge on any atom is -0.379 e. The van der Waals surface area contributed by atoms with Gasteiger partial charge in [-0.1, -0.05) is 12.1 Å². The smallest absolute Gasteiger partial charge is 0.191 e. The Balaban J connectivity index is 0.00000450. The van der Waals surface area contributed by atoms with Crippen molar-refractivity contribution in [3.05, 3.63) is 35.6 Å². The summed E-state index contributed by atoms with van der Waals surface area (Å²) in [6.07, 6.45) is 0. The third kappa shape index (κ3) is 8.64. The highest BCUT2D eigenvalue weighted by Crippen LogP contribution is 2.21. The normalized spacial score (nSPS) is 16.6. The molecule has 0 aromatic heterocycles. The second kappa shape index (κ2) is 14.2. The summed E-state index contributed by atoms with van der Waals surface area (Å²) >= 11 is 0. The molecule has 1 aliphatic heterocycles. The minimum absolute atomic E-state index is 0. The highest BCUT2D eigenvalue weighted by Gasteiger charge is 2.23. The van der Waals surface area contributed by atoms with Crippen LogP contribution >= 0.6 is 24.0 Å². The van der Waals surface area contributed by atoms with Crippen molar-refractivity contribution in [2.75, 3.05) is 53.0 Å². The van der Waals surface area contributed by atoms with E-state index >= 15 is 0 Å². The maximum absolute atomic E-state index is 13.4. The van der Waals surface area contributed by atoms with Crippen molar-refractivity contribution in [2.24, 2.45) is 4.99 Å². The number of morpholine rings is 1. The molecule has 0 radical (unpaired) electrons. The first-order valence-corrected chi connectivity index (χ1v) is 10.7. The molecule has 0 aliphatic carbocycles. The lowest BCUT2D eigenvalue weighted by atomic mass is 10.0. The summed E-state index contributed by atoms with van der Waals surface area (Å²) in [4.78, 5) is 9.21. The molecule has 30 heavy (non-hydrogen) atoms. The molecule has 0 spiro atoms. The third-order valence-electron chi connectivity index (χ3n) is 5.42. The van der Waals surface area contributed by atoms with E-state index in [-0.39, 0.29) is 35.8 Å². The van der Waals surface area contributed by atoms with Gasteiger partial charge in [0.1, 0.15) is 5.82 Å². The van der Waals surface area contributed by atoms with Crippen molar-refractivity contribution in [1.29, 1.82) is 0 Å². The zero-order valence-electron chi connectivity index (χ0n) is 19.0. The molecule has 1 aliphatic rings. The monoisotopic (exact) mass is 535 g/mol. The van der Waals surface area contributed by atoms with Crippen LogP contribution in [0.5, 0.6) is 0 Å². The zero-order valence-corrected chi connectivity index (χ0v) is 21.4. The van der Waals surface area contributed by atoms with Gasteiger partial charge in [-0.3, -0.25) is 14.8 Å². The molecule has 1 fully saturated rings. The number of ether oxygens (including phenoxy) is 1. The van der Waals surface area contributed by atoms with Crippen molar-refractivity contribution in [3.63, 3.8) is 0 Å². The molecule has 1 saturated heterocycles. The molecule has 1 heterocycles. The average molecular weight is 535 g/mol. The minimum atomic E-state index is -0.209. The van der Waals surface area contributed by atoms with Gasteiger partial charge in [-0.15, -0.1) is 24.0 Å². The van der Waals surface area contributed by atoms with Crippen LogP contribution in [0.2, 0.25) is 0 Å². The molecule has 1 aromatic rings. The van der Waals surface area contributed by atoms with Gasteiger partial charge in [0.05, 0.1) is 19.3 Å². The molecule has 172 valence electrons. The van der Waals surface area contributed by atoms with Crippen molar-refractivity contribution in [3.8, 4) is 0 Å². The van der Waals surface area contributed by atoms with Gasteiger partial charge in [-0.25, -0.2) is 4.39 Å². The molecule has 6 nitrogen and oxygen atoms in total. The summed E-state index contributed by atoms with van der Waals surface area (Å²) in [7, 11) is 1.79. The van der Waals surface area contributed by atoms with Crippen molar-refractivity contribution in [1.82, 2.24) is 20.4 Å². The van der Waals surface area contributed by atoms with Crippen molar-refractivity contribution >= 4 is 29.9 Å². The van der Waals surface area contributed by atoms with E-state index in [1.54, 1.807) is 7.05 Å². The number of guanidine groups is 1. The molecule has 0 saturated carbocycles. The van der Waals surface area contributed by atoms with Gasteiger partial charge in [0.25, 0.3) is 0 Å².